The Hall–Kier alpha value is -1.96. The SMILES string of the molecule is CC(C)CCCC1=CC(=N)C=CC1=Nc1ccccc1. The molecule has 0 aliphatic heterocycles. The van der Waals surface area contributed by atoms with Crippen LogP contribution in [0, 0.1) is 11.3 Å². The summed E-state index contributed by atoms with van der Waals surface area (Å²) in [5, 5.41) is 7.79. The number of allylic oxidation sites excluding steroid dienone is 4. The van der Waals surface area contributed by atoms with Gasteiger partial charge in [-0.25, -0.2) is 4.99 Å². The summed E-state index contributed by atoms with van der Waals surface area (Å²) in [6.45, 7) is 4.49. The highest BCUT2D eigenvalue weighted by molar-refractivity contribution is 6.20. The summed E-state index contributed by atoms with van der Waals surface area (Å²) in [5.41, 5.74) is 3.71. The third-order valence-corrected chi connectivity index (χ3v) is 3.31. The van der Waals surface area contributed by atoms with Crippen LogP contribution >= 0.6 is 0 Å². The Morgan fingerprint density at radius 1 is 1.10 bits per heavy atom. The van der Waals surface area contributed by atoms with Gasteiger partial charge >= 0.3 is 0 Å². The van der Waals surface area contributed by atoms with Crippen LogP contribution in [-0.2, 0) is 0 Å². The van der Waals surface area contributed by atoms with Crippen LogP contribution in [0.5, 0.6) is 0 Å². The summed E-state index contributed by atoms with van der Waals surface area (Å²) in [5.74, 6) is 0.726. The summed E-state index contributed by atoms with van der Waals surface area (Å²) in [7, 11) is 0. The van der Waals surface area contributed by atoms with Crippen molar-refractivity contribution in [2.45, 2.75) is 33.1 Å². The van der Waals surface area contributed by atoms with Gasteiger partial charge in [0.1, 0.15) is 0 Å². The maximum absolute atomic E-state index is 7.79. The van der Waals surface area contributed by atoms with E-state index in [0.717, 1.165) is 30.2 Å². The fraction of sp³-hybridized carbons (Fsp3) is 0.333. The summed E-state index contributed by atoms with van der Waals surface area (Å²) in [6, 6.07) is 10.0. The lowest BCUT2D eigenvalue weighted by Gasteiger charge is -2.13. The van der Waals surface area contributed by atoms with Gasteiger partial charge in [0.15, 0.2) is 0 Å². The minimum absolute atomic E-state index is 0.566. The second-order valence-electron chi connectivity index (χ2n) is 5.58. The van der Waals surface area contributed by atoms with Gasteiger partial charge in [-0.1, -0.05) is 38.5 Å². The molecule has 0 radical (unpaired) electrons. The van der Waals surface area contributed by atoms with E-state index in [9.17, 15) is 0 Å². The first-order chi connectivity index (χ1) is 9.65. The number of aliphatic imine (C=N–C) groups is 1. The first kappa shape index (κ1) is 14.4. The fourth-order valence-corrected chi connectivity index (χ4v) is 2.24. The van der Waals surface area contributed by atoms with Gasteiger partial charge in [0.2, 0.25) is 0 Å². The van der Waals surface area contributed by atoms with E-state index in [1.165, 1.54) is 12.0 Å². The van der Waals surface area contributed by atoms with E-state index >= 15 is 0 Å². The van der Waals surface area contributed by atoms with Crippen molar-refractivity contribution in [3.63, 3.8) is 0 Å². The molecule has 1 aliphatic rings. The highest BCUT2D eigenvalue weighted by Crippen LogP contribution is 2.20. The van der Waals surface area contributed by atoms with Crippen molar-refractivity contribution in [1.82, 2.24) is 0 Å². The molecule has 2 nitrogen and oxygen atoms in total. The Morgan fingerprint density at radius 3 is 2.55 bits per heavy atom. The van der Waals surface area contributed by atoms with Gasteiger partial charge in [0.05, 0.1) is 17.1 Å². The van der Waals surface area contributed by atoms with Gasteiger partial charge in [-0.2, -0.15) is 0 Å². The molecule has 0 bridgehead atoms. The standard InChI is InChI=1S/C18H22N2/c1-14(2)7-6-8-15-13-16(19)11-12-18(15)20-17-9-4-3-5-10-17/h3-5,9-14,19H,6-8H2,1-2H3. The lowest BCUT2D eigenvalue weighted by Crippen LogP contribution is -2.08. The van der Waals surface area contributed by atoms with Gasteiger partial charge in [0.25, 0.3) is 0 Å². The van der Waals surface area contributed by atoms with Gasteiger partial charge in [-0.15, -0.1) is 0 Å². The predicted octanol–water partition coefficient (Wildman–Crippen LogP) is 5.10. The molecule has 2 rings (SSSR count). The molecule has 0 aromatic heterocycles. The maximum Gasteiger partial charge on any atom is 0.0670 e. The zero-order valence-electron chi connectivity index (χ0n) is 12.3. The van der Waals surface area contributed by atoms with Crippen LogP contribution in [0.4, 0.5) is 5.69 Å². The quantitative estimate of drug-likeness (QED) is 0.720. The molecule has 1 N–H and O–H groups in total. The number of nitrogens with zero attached hydrogens (tertiary/aromatic N) is 1. The molecule has 0 saturated heterocycles. The van der Waals surface area contributed by atoms with E-state index in [2.05, 4.69) is 13.8 Å². The van der Waals surface area contributed by atoms with Crippen molar-refractivity contribution in [1.29, 1.82) is 5.41 Å². The molecule has 1 aromatic carbocycles. The number of benzene rings is 1. The normalized spacial score (nSPS) is 16.9. The molecule has 104 valence electrons. The molecule has 2 heteroatoms. The zero-order chi connectivity index (χ0) is 14.4. The van der Waals surface area contributed by atoms with E-state index in [1.807, 2.05) is 48.6 Å². The third-order valence-electron chi connectivity index (χ3n) is 3.31. The molecule has 0 heterocycles. The first-order valence-electron chi connectivity index (χ1n) is 7.26. The van der Waals surface area contributed by atoms with Crippen molar-refractivity contribution in [3.8, 4) is 0 Å². The number of hydrogen-bond acceptors (Lipinski definition) is 2. The molecule has 0 amide bonds. The predicted molar refractivity (Wildman–Crippen MR) is 87.2 cm³/mol. The molecule has 0 saturated carbocycles. The topological polar surface area (TPSA) is 36.2 Å². The second kappa shape index (κ2) is 6.99. The Labute approximate surface area is 121 Å². The van der Waals surface area contributed by atoms with Gasteiger partial charge < -0.3 is 5.41 Å². The largest absolute Gasteiger partial charge is 0.301 e. The van der Waals surface area contributed by atoms with Crippen LogP contribution in [0.15, 0.2) is 59.1 Å². The highest BCUT2D eigenvalue weighted by Gasteiger charge is 2.10. The molecule has 0 spiro atoms. The molecule has 0 fully saturated rings. The van der Waals surface area contributed by atoms with Crippen LogP contribution in [0.1, 0.15) is 33.1 Å². The van der Waals surface area contributed by atoms with Crippen LogP contribution in [0.25, 0.3) is 0 Å². The van der Waals surface area contributed by atoms with Gasteiger partial charge in [-0.3, -0.25) is 0 Å². The van der Waals surface area contributed by atoms with E-state index in [1.54, 1.807) is 0 Å². The number of rotatable bonds is 5. The van der Waals surface area contributed by atoms with Crippen molar-refractivity contribution in [2.24, 2.45) is 10.9 Å². The van der Waals surface area contributed by atoms with Crippen LogP contribution < -0.4 is 0 Å². The van der Waals surface area contributed by atoms with Crippen molar-refractivity contribution in [3.05, 3.63) is 54.1 Å². The molecule has 1 aromatic rings. The average Bonchev–Trinajstić information content (AvgIpc) is 2.42. The van der Waals surface area contributed by atoms with Crippen LogP contribution in [0.3, 0.4) is 0 Å². The second-order valence-corrected chi connectivity index (χ2v) is 5.58. The summed E-state index contributed by atoms with van der Waals surface area (Å²) < 4.78 is 0. The molecule has 0 unspecified atom stereocenters. The third kappa shape index (κ3) is 4.30. The average molecular weight is 266 g/mol. The smallest absolute Gasteiger partial charge is 0.0670 e. The Morgan fingerprint density at radius 2 is 1.85 bits per heavy atom. The van der Waals surface area contributed by atoms with E-state index in [-0.39, 0.29) is 0 Å². The Bertz CT molecular complexity index is 548. The number of hydrogen-bond donors (Lipinski definition) is 1. The molecule has 20 heavy (non-hydrogen) atoms. The number of para-hydroxylation sites is 1. The Balaban J connectivity index is 2.13. The van der Waals surface area contributed by atoms with Crippen LogP contribution in [-0.4, -0.2) is 11.4 Å². The van der Waals surface area contributed by atoms with Crippen molar-refractivity contribution < 1.29 is 0 Å². The molecular weight excluding hydrogens is 244 g/mol. The van der Waals surface area contributed by atoms with Gasteiger partial charge in [0, 0.05) is 0 Å². The summed E-state index contributed by atoms with van der Waals surface area (Å²) in [6.07, 6.45) is 9.08. The van der Waals surface area contributed by atoms with E-state index in [4.69, 9.17) is 10.4 Å². The summed E-state index contributed by atoms with van der Waals surface area (Å²) >= 11 is 0. The maximum atomic E-state index is 7.79. The zero-order valence-corrected chi connectivity index (χ0v) is 12.3. The fourth-order valence-electron chi connectivity index (χ4n) is 2.24. The highest BCUT2D eigenvalue weighted by atomic mass is 14.7. The van der Waals surface area contributed by atoms with E-state index < -0.39 is 0 Å². The Kier molecular flexibility index (Phi) is 5.05. The minimum atomic E-state index is 0.566. The lowest BCUT2D eigenvalue weighted by atomic mass is 9.95. The van der Waals surface area contributed by atoms with Crippen LogP contribution in [0.2, 0.25) is 0 Å². The lowest BCUT2D eigenvalue weighted by molar-refractivity contribution is 0.557. The van der Waals surface area contributed by atoms with Gasteiger partial charge in [-0.05, 0) is 54.7 Å². The monoisotopic (exact) mass is 266 g/mol. The first-order valence-corrected chi connectivity index (χ1v) is 7.26. The summed E-state index contributed by atoms with van der Waals surface area (Å²) in [4.78, 5) is 4.70. The number of nitrogens with one attached hydrogen (secondary N) is 1. The van der Waals surface area contributed by atoms with Crippen molar-refractivity contribution in [2.75, 3.05) is 0 Å². The van der Waals surface area contributed by atoms with Crippen molar-refractivity contribution >= 4 is 17.1 Å². The molecule has 0 atom stereocenters. The minimum Gasteiger partial charge on any atom is -0.301 e. The van der Waals surface area contributed by atoms with E-state index in [0.29, 0.717) is 5.71 Å². The molecular formula is C18H22N2. The molecule has 1 aliphatic carbocycles.